The molecule has 0 radical (unpaired) electrons. The van der Waals surface area contributed by atoms with Crippen molar-refractivity contribution in [2.24, 2.45) is 0 Å². The highest BCUT2D eigenvalue weighted by atomic mass is 35.5. The number of benzene rings is 2. The van der Waals surface area contributed by atoms with Crippen LogP contribution in [-0.2, 0) is 0 Å². The number of methoxy groups -OCH3 is 1. The topological polar surface area (TPSA) is 75.2 Å². The molecular formula is C15H13ClN2O3. The van der Waals surface area contributed by atoms with E-state index in [2.05, 4.69) is 9.97 Å². The number of nitrogens with one attached hydrogen (secondary N) is 1. The summed E-state index contributed by atoms with van der Waals surface area (Å²) >= 11 is 0. The van der Waals surface area contributed by atoms with Gasteiger partial charge in [0.2, 0.25) is 0 Å². The lowest BCUT2D eigenvalue weighted by atomic mass is 10.2. The van der Waals surface area contributed by atoms with Crippen LogP contribution in [0.15, 0.2) is 42.5 Å². The molecule has 0 aliphatic heterocycles. The third-order valence-electron chi connectivity index (χ3n) is 3.10. The Labute approximate surface area is 127 Å². The summed E-state index contributed by atoms with van der Waals surface area (Å²) in [4.78, 5) is 18.8. The van der Waals surface area contributed by atoms with Crippen LogP contribution in [0.2, 0.25) is 0 Å². The van der Waals surface area contributed by atoms with E-state index in [9.17, 15) is 9.90 Å². The van der Waals surface area contributed by atoms with E-state index < -0.39 is 5.97 Å². The standard InChI is InChI=1S/C15H12N2O3.ClH/c1-20-11-8-7-10(15(18)19)12-13(11)17-14(16-12)9-5-3-2-4-6-9;/h2-8H,1H3,(H,16,17)(H,18,19);1H. The Morgan fingerprint density at radius 3 is 2.52 bits per heavy atom. The second-order valence-electron chi connectivity index (χ2n) is 4.30. The van der Waals surface area contributed by atoms with Gasteiger partial charge in [-0.05, 0) is 12.1 Å². The number of aromatic nitrogens is 2. The zero-order valence-corrected chi connectivity index (χ0v) is 12.0. The van der Waals surface area contributed by atoms with Crippen LogP contribution >= 0.6 is 12.4 Å². The summed E-state index contributed by atoms with van der Waals surface area (Å²) in [6.07, 6.45) is 0. The molecule has 0 fully saturated rings. The highest BCUT2D eigenvalue weighted by Gasteiger charge is 2.16. The molecule has 2 N–H and O–H groups in total. The van der Waals surface area contributed by atoms with Crippen molar-refractivity contribution in [3.63, 3.8) is 0 Å². The molecule has 3 rings (SSSR count). The molecule has 6 heteroatoms. The Hall–Kier alpha value is -2.53. The van der Waals surface area contributed by atoms with Crippen LogP contribution in [0.1, 0.15) is 10.4 Å². The number of carbonyl (C=O) groups is 1. The number of hydrogen-bond donors (Lipinski definition) is 2. The molecular weight excluding hydrogens is 292 g/mol. The van der Waals surface area contributed by atoms with Crippen molar-refractivity contribution in [1.29, 1.82) is 0 Å². The lowest BCUT2D eigenvalue weighted by Gasteiger charge is -2.02. The molecule has 0 bridgehead atoms. The highest BCUT2D eigenvalue weighted by molar-refractivity contribution is 6.03. The molecule has 0 saturated heterocycles. The van der Waals surface area contributed by atoms with Crippen LogP contribution in [0.5, 0.6) is 5.75 Å². The molecule has 0 spiro atoms. The van der Waals surface area contributed by atoms with Crippen molar-refractivity contribution in [2.75, 3.05) is 7.11 Å². The number of carboxylic acid groups (broad SMARTS) is 1. The molecule has 1 heterocycles. The van der Waals surface area contributed by atoms with E-state index in [1.165, 1.54) is 13.2 Å². The zero-order valence-electron chi connectivity index (χ0n) is 11.2. The fourth-order valence-corrected chi connectivity index (χ4v) is 2.14. The molecule has 5 nitrogen and oxygen atoms in total. The number of ether oxygens (including phenoxy) is 1. The third kappa shape index (κ3) is 2.55. The molecule has 0 aliphatic rings. The Kier molecular flexibility index (Phi) is 4.14. The lowest BCUT2D eigenvalue weighted by molar-refractivity contribution is 0.0699. The fourth-order valence-electron chi connectivity index (χ4n) is 2.14. The van der Waals surface area contributed by atoms with Crippen molar-refractivity contribution in [1.82, 2.24) is 9.97 Å². The molecule has 1 aromatic heterocycles. The van der Waals surface area contributed by atoms with Gasteiger partial charge in [0.05, 0.1) is 12.7 Å². The molecule has 3 aromatic rings. The predicted octanol–water partition coefficient (Wildman–Crippen LogP) is 3.36. The van der Waals surface area contributed by atoms with E-state index in [0.29, 0.717) is 22.6 Å². The number of hydrogen-bond acceptors (Lipinski definition) is 3. The van der Waals surface area contributed by atoms with Crippen molar-refractivity contribution in [3.05, 3.63) is 48.0 Å². The summed E-state index contributed by atoms with van der Waals surface area (Å²) in [5.41, 5.74) is 2.03. The van der Waals surface area contributed by atoms with Crippen LogP contribution in [0.25, 0.3) is 22.4 Å². The minimum absolute atomic E-state index is 0. The molecule has 0 saturated carbocycles. The first-order valence-electron chi connectivity index (χ1n) is 6.06. The number of fused-ring (bicyclic) bond motifs is 1. The maximum atomic E-state index is 11.3. The maximum Gasteiger partial charge on any atom is 0.337 e. The maximum absolute atomic E-state index is 11.3. The first kappa shape index (κ1) is 14.9. The summed E-state index contributed by atoms with van der Waals surface area (Å²) in [5.74, 6) is 0.177. The summed E-state index contributed by atoms with van der Waals surface area (Å²) in [6.45, 7) is 0. The van der Waals surface area contributed by atoms with Gasteiger partial charge >= 0.3 is 5.97 Å². The summed E-state index contributed by atoms with van der Waals surface area (Å²) < 4.78 is 5.25. The van der Waals surface area contributed by atoms with Gasteiger partial charge in [0.1, 0.15) is 22.6 Å². The summed E-state index contributed by atoms with van der Waals surface area (Å²) in [5, 5.41) is 9.23. The number of imidazole rings is 1. The van der Waals surface area contributed by atoms with E-state index in [0.717, 1.165) is 5.56 Å². The molecule has 108 valence electrons. The second-order valence-corrected chi connectivity index (χ2v) is 4.30. The van der Waals surface area contributed by atoms with E-state index in [4.69, 9.17) is 4.74 Å². The molecule has 2 aromatic carbocycles. The average molecular weight is 305 g/mol. The molecule has 0 atom stereocenters. The first-order valence-corrected chi connectivity index (χ1v) is 6.06. The van der Waals surface area contributed by atoms with Gasteiger partial charge in [-0.1, -0.05) is 30.3 Å². The van der Waals surface area contributed by atoms with Gasteiger partial charge in [-0.2, -0.15) is 0 Å². The van der Waals surface area contributed by atoms with Crippen molar-refractivity contribution >= 4 is 29.4 Å². The fraction of sp³-hybridized carbons (Fsp3) is 0.0667. The van der Waals surface area contributed by atoms with E-state index in [1.807, 2.05) is 30.3 Å². The SMILES string of the molecule is COc1ccc(C(=O)O)c2nc(-c3ccccc3)[nH]c12.Cl. The van der Waals surface area contributed by atoms with E-state index >= 15 is 0 Å². The number of halogens is 1. The van der Waals surface area contributed by atoms with Crippen LogP contribution in [-0.4, -0.2) is 28.2 Å². The largest absolute Gasteiger partial charge is 0.494 e. The Balaban J connectivity index is 0.00000161. The lowest BCUT2D eigenvalue weighted by Crippen LogP contribution is -1.98. The van der Waals surface area contributed by atoms with Crippen molar-refractivity contribution in [2.45, 2.75) is 0 Å². The normalized spacial score (nSPS) is 10.1. The second kappa shape index (κ2) is 5.85. The van der Waals surface area contributed by atoms with Crippen LogP contribution in [0.4, 0.5) is 0 Å². The predicted molar refractivity (Wildman–Crippen MR) is 82.3 cm³/mol. The van der Waals surface area contributed by atoms with Crippen LogP contribution in [0.3, 0.4) is 0 Å². The number of carboxylic acids is 1. The number of aromatic carboxylic acids is 1. The van der Waals surface area contributed by atoms with Gasteiger partial charge < -0.3 is 14.8 Å². The third-order valence-corrected chi connectivity index (χ3v) is 3.10. The number of nitrogens with zero attached hydrogens (tertiary/aromatic N) is 1. The van der Waals surface area contributed by atoms with E-state index in [1.54, 1.807) is 6.07 Å². The van der Waals surface area contributed by atoms with Gasteiger partial charge in [-0.15, -0.1) is 12.4 Å². The summed E-state index contributed by atoms with van der Waals surface area (Å²) in [6, 6.07) is 12.7. The Morgan fingerprint density at radius 2 is 1.90 bits per heavy atom. The summed E-state index contributed by atoms with van der Waals surface area (Å²) in [7, 11) is 1.54. The highest BCUT2D eigenvalue weighted by Crippen LogP contribution is 2.29. The van der Waals surface area contributed by atoms with Crippen molar-refractivity contribution < 1.29 is 14.6 Å². The van der Waals surface area contributed by atoms with Gasteiger partial charge in [0.15, 0.2) is 0 Å². The molecule has 0 amide bonds. The molecule has 0 aliphatic carbocycles. The zero-order chi connectivity index (χ0) is 14.1. The van der Waals surface area contributed by atoms with Crippen LogP contribution in [0, 0.1) is 0 Å². The minimum Gasteiger partial charge on any atom is -0.494 e. The smallest absolute Gasteiger partial charge is 0.337 e. The van der Waals surface area contributed by atoms with E-state index in [-0.39, 0.29) is 18.0 Å². The van der Waals surface area contributed by atoms with Crippen molar-refractivity contribution in [3.8, 4) is 17.1 Å². The Bertz CT molecular complexity index is 784. The van der Waals surface area contributed by atoms with Gasteiger partial charge in [0, 0.05) is 5.56 Å². The quantitative estimate of drug-likeness (QED) is 0.778. The first-order chi connectivity index (χ1) is 9.70. The van der Waals surface area contributed by atoms with Gasteiger partial charge in [-0.25, -0.2) is 9.78 Å². The van der Waals surface area contributed by atoms with Gasteiger partial charge in [0.25, 0.3) is 0 Å². The monoisotopic (exact) mass is 304 g/mol. The number of aromatic amines is 1. The minimum atomic E-state index is -1.01. The Morgan fingerprint density at radius 1 is 1.19 bits per heavy atom. The number of rotatable bonds is 3. The molecule has 21 heavy (non-hydrogen) atoms. The van der Waals surface area contributed by atoms with Crippen LogP contribution < -0.4 is 4.74 Å². The molecule has 0 unspecified atom stereocenters. The number of H-pyrrole nitrogens is 1. The van der Waals surface area contributed by atoms with Gasteiger partial charge in [-0.3, -0.25) is 0 Å². The average Bonchev–Trinajstić information content (AvgIpc) is 2.91.